The highest BCUT2D eigenvalue weighted by Crippen LogP contribution is 2.26. The second kappa shape index (κ2) is 30.3. The number of aliphatic hydroxyl groups is 7. The minimum absolute atomic E-state index is 0.0496. The Hall–Kier alpha value is -1.79. The molecule has 2 rings (SSSR count). The maximum Gasteiger partial charge on any atom is 0.306 e. The third-order valence-electron chi connectivity index (χ3n) is 9.66. The molecule has 0 aliphatic carbocycles. The van der Waals surface area contributed by atoms with Crippen LogP contribution in [-0.2, 0) is 33.2 Å². The summed E-state index contributed by atoms with van der Waals surface area (Å²) in [4.78, 5) is 12.8. The van der Waals surface area contributed by atoms with E-state index in [1.165, 1.54) is 32.1 Å². The minimum atomic E-state index is -1.71. The molecule has 0 amide bonds. The lowest BCUT2D eigenvalue weighted by molar-refractivity contribution is -0.332. The van der Waals surface area contributed by atoms with Crippen LogP contribution in [0.2, 0.25) is 0 Å². The summed E-state index contributed by atoms with van der Waals surface area (Å²) in [5, 5.41) is 71.6. The second-order valence-electron chi connectivity index (χ2n) is 14.4. The molecule has 0 saturated carbocycles. The number of aliphatic hydroxyl groups excluding tert-OH is 7. The van der Waals surface area contributed by atoms with Crippen molar-refractivity contribution in [2.24, 2.45) is 0 Å². The molecule has 14 nitrogen and oxygen atoms in total. The van der Waals surface area contributed by atoms with Gasteiger partial charge in [-0.05, 0) is 44.9 Å². The first-order valence-electron chi connectivity index (χ1n) is 20.6. The molecule has 7 N–H and O–H groups in total. The highest BCUT2D eigenvalue weighted by molar-refractivity contribution is 5.69. The molecule has 2 heterocycles. The van der Waals surface area contributed by atoms with Crippen LogP contribution in [-0.4, -0.2) is 142 Å². The van der Waals surface area contributed by atoms with Crippen molar-refractivity contribution in [3.8, 4) is 0 Å². The Morgan fingerprint density at radius 1 is 0.618 bits per heavy atom. The Balaban J connectivity index is 1.86. The largest absolute Gasteiger partial charge is 0.457 e. The lowest BCUT2D eigenvalue weighted by Crippen LogP contribution is -2.61. The number of carbonyl (C=O) groups is 1. The molecule has 320 valence electrons. The lowest BCUT2D eigenvalue weighted by atomic mass is 9.98. The molecule has 55 heavy (non-hydrogen) atoms. The Bertz CT molecular complexity index is 1050. The molecular formula is C41H72O14. The number of hydrogen-bond acceptors (Lipinski definition) is 14. The van der Waals surface area contributed by atoms with Crippen molar-refractivity contribution in [3.63, 3.8) is 0 Å². The number of allylic oxidation sites excluding steroid dienone is 6. The quantitative estimate of drug-likeness (QED) is 0.0316. The van der Waals surface area contributed by atoms with Gasteiger partial charge in [0.2, 0.25) is 0 Å². The second-order valence-corrected chi connectivity index (χ2v) is 14.4. The van der Waals surface area contributed by atoms with Gasteiger partial charge in [-0.1, -0.05) is 102 Å². The van der Waals surface area contributed by atoms with E-state index < -0.39 is 86.7 Å². The third kappa shape index (κ3) is 20.0. The summed E-state index contributed by atoms with van der Waals surface area (Å²) in [6, 6.07) is 0. The van der Waals surface area contributed by atoms with E-state index in [1.54, 1.807) is 0 Å². The van der Waals surface area contributed by atoms with E-state index in [2.05, 4.69) is 50.3 Å². The Morgan fingerprint density at radius 3 is 1.84 bits per heavy atom. The lowest BCUT2D eigenvalue weighted by Gasteiger charge is -2.42. The van der Waals surface area contributed by atoms with Gasteiger partial charge in [0.05, 0.1) is 26.4 Å². The van der Waals surface area contributed by atoms with E-state index in [1.807, 2.05) is 0 Å². The molecule has 0 aromatic carbocycles. The van der Waals surface area contributed by atoms with Gasteiger partial charge < -0.3 is 64.2 Å². The number of hydrogen-bond donors (Lipinski definition) is 7. The topological polar surface area (TPSA) is 214 Å². The average Bonchev–Trinajstić information content (AvgIpc) is 3.18. The Morgan fingerprint density at radius 2 is 1.18 bits per heavy atom. The van der Waals surface area contributed by atoms with Gasteiger partial charge in [0.25, 0.3) is 0 Å². The van der Waals surface area contributed by atoms with Crippen LogP contribution in [0.4, 0.5) is 0 Å². The monoisotopic (exact) mass is 788 g/mol. The molecule has 2 saturated heterocycles. The van der Waals surface area contributed by atoms with E-state index in [0.717, 1.165) is 57.8 Å². The zero-order valence-electron chi connectivity index (χ0n) is 33.2. The predicted molar refractivity (Wildman–Crippen MR) is 206 cm³/mol. The summed E-state index contributed by atoms with van der Waals surface area (Å²) in [6.07, 6.45) is 12.4. The van der Waals surface area contributed by atoms with Crippen molar-refractivity contribution in [1.29, 1.82) is 0 Å². The van der Waals surface area contributed by atoms with Crippen molar-refractivity contribution in [1.82, 2.24) is 0 Å². The fourth-order valence-corrected chi connectivity index (χ4v) is 6.24. The molecule has 14 heteroatoms. The van der Waals surface area contributed by atoms with Crippen LogP contribution >= 0.6 is 0 Å². The van der Waals surface area contributed by atoms with Crippen LogP contribution < -0.4 is 0 Å². The number of ether oxygens (including phenoxy) is 6. The fourth-order valence-electron chi connectivity index (χ4n) is 6.24. The first-order valence-corrected chi connectivity index (χ1v) is 20.6. The van der Waals surface area contributed by atoms with Gasteiger partial charge in [0.15, 0.2) is 12.6 Å². The van der Waals surface area contributed by atoms with Crippen molar-refractivity contribution < 1.29 is 69.0 Å². The van der Waals surface area contributed by atoms with Gasteiger partial charge in [-0.2, -0.15) is 0 Å². The van der Waals surface area contributed by atoms with Gasteiger partial charge in [0, 0.05) is 13.0 Å². The van der Waals surface area contributed by atoms with Crippen LogP contribution in [0.3, 0.4) is 0 Å². The number of unbranched alkanes of at least 4 members (excludes halogenated alkanes) is 10. The van der Waals surface area contributed by atoms with Gasteiger partial charge in [0.1, 0.15) is 54.9 Å². The summed E-state index contributed by atoms with van der Waals surface area (Å²) >= 11 is 0. The summed E-state index contributed by atoms with van der Waals surface area (Å²) in [6.45, 7) is 3.46. The maximum atomic E-state index is 12.8. The Kier molecular flexibility index (Phi) is 27.2. The molecule has 0 bridgehead atoms. The number of carbonyl (C=O) groups excluding carboxylic acids is 1. The molecule has 2 aliphatic heterocycles. The number of esters is 1. The van der Waals surface area contributed by atoms with Gasteiger partial charge >= 0.3 is 5.97 Å². The molecule has 11 atom stereocenters. The first-order chi connectivity index (χ1) is 26.6. The minimum Gasteiger partial charge on any atom is -0.457 e. The van der Waals surface area contributed by atoms with Crippen molar-refractivity contribution >= 4 is 5.97 Å². The molecule has 0 aromatic rings. The molecular weight excluding hydrogens is 716 g/mol. The van der Waals surface area contributed by atoms with Gasteiger partial charge in [-0.3, -0.25) is 4.79 Å². The highest BCUT2D eigenvalue weighted by Gasteiger charge is 2.47. The van der Waals surface area contributed by atoms with E-state index in [0.29, 0.717) is 13.0 Å². The summed E-state index contributed by atoms with van der Waals surface area (Å²) in [5.74, 6) is -0.409. The predicted octanol–water partition coefficient (Wildman–Crippen LogP) is 3.51. The molecule has 0 spiro atoms. The number of rotatable bonds is 30. The normalized spacial score (nSPS) is 29.5. The zero-order valence-corrected chi connectivity index (χ0v) is 33.2. The van der Waals surface area contributed by atoms with Crippen molar-refractivity contribution in [3.05, 3.63) is 36.5 Å². The van der Waals surface area contributed by atoms with Crippen LogP contribution in [0.5, 0.6) is 0 Å². The van der Waals surface area contributed by atoms with Crippen LogP contribution in [0.25, 0.3) is 0 Å². The maximum absolute atomic E-state index is 12.8. The van der Waals surface area contributed by atoms with Crippen LogP contribution in [0.1, 0.15) is 117 Å². The van der Waals surface area contributed by atoms with Gasteiger partial charge in [-0.25, -0.2) is 0 Å². The van der Waals surface area contributed by atoms with E-state index in [4.69, 9.17) is 28.4 Å². The zero-order chi connectivity index (χ0) is 40.3. The van der Waals surface area contributed by atoms with E-state index in [9.17, 15) is 40.5 Å². The summed E-state index contributed by atoms with van der Waals surface area (Å²) < 4.78 is 33.9. The molecule has 0 radical (unpaired) electrons. The smallest absolute Gasteiger partial charge is 0.306 e. The molecule has 0 aromatic heterocycles. The van der Waals surface area contributed by atoms with E-state index in [-0.39, 0.29) is 19.6 Å². The highest BCUT2D eigenvalue weighted by atomic mass is 16.7. The summed E-state index contributed by atoms with van der Waals surface area (Å²) in [7, 11) is 0. The van der Waals surface area contributed by atoms with Crippen molar-refractivity contribution in [2.45, 2.75) is 184 Å². The van der Waals surface area contributed by atoms with Gasteiger partial charge in [-0.15, -0.1) is 0 Å². The van der Waals surface area contributed by atoms with Crippen molar-refractivity contribution in [2.75, 3.05) is 33.0 Å². The van der Waals surface area contributed by atoms with E-state index >= 15 is 0 Å². The van der Waals surface area contributed by atoms with Crippen LogP contribution in [0.15, 0.2) is 36.5 Å². The third-order valence-corrected chi connectivity index (χ3v) is 9.66. The SMILES string of the molecule is CC/C=C\C/C=C\C/C=C\CCCCCC(=O)OC(COCCCCCCCCCC)COC1OC(COC2OC(CO)C(O)C(O)C2O)C(O)C(O)C1O. The molecule has 11 unspecified atom stereocenters. The standard InChI is InChI=1S/C41H72O14/c1-3-5-7-9-11-13-14-15-16-17-18-20-22-24-33(43)53-30(27-50-25-23-21-19-12-10-8-6-4-2)28-51-40-39(49)37(47)35(45)32(55-40)29-52-41-38(48)36(46)34(44)31(26-42)54-41/h5,7,11,13,15-16,30-32,34-42,44-49H,3-4,6,8-10,12,14,17-29H2,1-2H3/b7-5-,13-11-,16-15-. The average molecular weight is 789 g/mol. The Labute approximate surface area is 328 Å². The summed E-state index contributed by atoms with van der Waals surface area (Å²) in [5.41, 5.74) is 0. The van der Waals surface area contributed by atoms with Crippen LogP contribution in [0, 0.1) is 0 Å². The first kappa shape index (κ1) is 49.4. The fraction of sp³-hybridized carbons (Fsp3) is 0.829. The molecule has 2 fully saturated rings. The molecule has 2 aliphatic rings.